The molecule has 0 aliphatic carbocycles. The van der Waals surface area contributed by atoms with Gasteiger partial charge < -0.3 is 9.47 Å². The molecule has 1 fully saturated rings. The number of carbonyl (C=O) groups is 2. The van der Waals surface area contributed by atoms with Crippen LogP contribution in [-0.4, -0.2) is 51.0 Å². The van der Waals surface area contributed by atoms with Gasteiger partial charge in [-0.05, 0) is 17.7 Å². The lowest BCUT2D eigenvalue weighted by atomic mass is 10.1. The van der Waals surface area contributed by atoms with Crippen LogP contribution in [0.25, 0.3) is 0 Å². The van der Waals surface area contributed by atoms with Crippen molar-refractivity contribution in [3.8, 4) is 0 Å². The molecule has 1 aliphatic rings. The largest absolute Gasteiger partial charge is 0.393 e. The third-order valence-electron chi connectivity index (χ3n) is 3.14. The maximum absolute atomic E-state index is 12.4. The highest BCUT2D eigenvalue weighted by Gasteiger charge is 2.26. The average Bonchev–Trinajstić information content (AvgIpc) is 2.48. The normalized spacial score (nSPS) is 16.2. The van der Waals surface area contributed by atoms with Gasteiger partial charge in [0.15, 0.2) is 0 Å². The highest BCUT2D eigenvalue weighted by atomic mass is 32.2. The highest BCUT2D eigenvalue weighted by molar-refractivity contribution is 7.89. The second kappa shape index (κ2) is 6.99. The van der Waals surface area contributed by atoms with E-state index in [0.717, 1.165) is 6.92 Å². The quantitative estimate of drug-likeness (QED) is 0.585. The molecule has 1 aromatic rings. The smallest absolute Gasteiger partial charge is 0.317 e. The van der Waals surface area contributed by atoms with Gasteiger partial charge in [-0.15, -0.1) is 0 Å². The molecule has 0 radical (unpaired) electrons. The molecule has 22 heavy (non-hydrogen) atoms. The van der Waals surface area contributed by atoms with Crippen LogP contribution < -0.4 is 0 Å². The zero-order valence-corrected chi connectivity index (χ0v) is 13.0. The van der Waals surface area contributed by atoms with Crippen LogP contribution in [0, 0.1) is 0 Å². The third kappa shape index (κ3) is 4.12. The Morgan fingerprint density at radius 3 is 2.32 bits per heavy atom. The molecular formula is C14H17NO6S. The van der Waals surface area contributed by atoms with Crippen molar-refractivity contribution in [1.82, 2.24) is 4.31 Å². The molecule has 0 amide bonds. The third-order valence-corrected chi connectivity index (χ3v) is 5.05. The number of hydrogen-bond donors (Lipinski definition) is 0. The average molecular weight is 327 g/mol. The first kappa shape index (κ1) is 16.6. The van der Waals surface area contributed by atoms with Crippen LogP contribution in [0.1, 0.15) is 12.5 Å². The summed E-state index contributed by atoms with van der Waals surface area (Å²) in [6, 6.07) is 5.96. The highest BCUT2D eigenvalue weighted by Crippen LogP contribution is 2.18. The molecule has 0 bridgehead atoms. The summed E-state index contributed by atoms with van der Waals surface area (Å²) >= 11 is 0. The summed E-state index contributed by atoms with van der Waals surface area (Å²) in [6.07, 6.45) is -0.0859. The number of sulfonamides is 1. The summed E-state index contributed by atoms with van der Waals surface area (Å²) < 4.78 is 35.7. The zero-order chi connectivity index (χ0) is 16.2. The maximum Gasteiger partial charge on any atom is 0.317 e. The Bertz CT molecular complexity index is 646. The predicted octanol–water partition coefficient (Wildman–Crippen LogP) is 0.340. The molecule has 7 nitrogen and oxygen atoms in total. The lowest BCUT2D eigenvalue weighted by molar-refractivity contribution is -0.157. The molecule has 0 N–H and O–H groups in total. The second-order valence-electron chi connectivity index (χ2n) is 4.80. The minimum atomic E-state index is -3.54. The van der Waals surface area contributed by atoms with Crippen LogP contribution in [-0.2, 0) is 35.5 Å². The summed E-state index contributed by atoms with van der Waals surface area (Å²) in [7, 11) is -3.54. The number of nitrogens with zero attached hydrogens (tertiary/aromatic N) is 1. The minimum Gasteiger partial charge on any atom is -0.393 e. The van der Waals surface area contributed by atoms with Crippen LogP contribution in [0.15, 0.2) is 29.2 Å². The van der Waals surface area contributed by atoms with Gasteiger partial charge in [0, 0.05) is 20.0 Å². The minimum absolute atomic E-state index is 0.0859. The molecule has 1 aliphatic heterocycles. The fourth-order valence-corrected chi connectivity index (χ4v) is 3.49. The van der Waals surface area contributed by atoms with Crippen molar-refractivity contribution in [3.05, 3.63) is 29.8 Å². The molecule has 0 spiro atoms. The van der Waals surface area contributed by atoms with E-state index in [-0.39, 0.29) is 11.3 Å². The predicted molar refractivity (Wildman–Crippen MR) is 76.5 cm³/mol. The van der Waals surface area contributed by atoms with Gasteiger partial charge in [-0.2, -0.15) is 4.31 Å². The number of esters is 2. The van der Waals surface area contributed by atoms with Gasteiger partial charge >= 0.3 is 11.9 Å². The van der Waals surface area contributed by atoms with E-state index in [1.807, 2.05) is 0 Å². The molecule has 0 unspecified atom stereocenters. The van der Waals surface area contributed by atoms with Crippen molar-refractivity contribution >= 4 is 22.0 Å². The maximum atomic E-state index is 12.4. The number of rotatable bonds is 4. The Balaban J connectivity index is 2.07. The van der Waals surface area contributed by atoms with Crippen LogP contribution >= 0.6 is 0 Å². The summed E-state index contributed by atoms with van der Waals surface area (Å²) in [5.41, 5.74) is 0.576. The molecule has 1 aromatic carbocycles. The molecular weight excluding hydrogens is 310 g/mol. The van der Waals surface area contributed by atoms with E-state index in [9.17, 15) is 18.0 Å². The zero-order valence-electron chi connectivity index (χ0n) is 12.1. The number of hydrogen-bond acceptors (Lipinski definition) is 6. The molecule has 0 atom stereocenters. The standard InChI is InChI=1S/C14H17NO6S/c1-11(16)21-14(17)10-12-2-4-13(5-3-12)22(18,19)15-6-8-20-9-7-15/h2-5H,6-10H2,1H3. The lowest BCUT2D eigenvalue weighted by Crippen LogP contribution is -2.40. The van der Waals surface area contributed by atoms with Crippen LogP contribution in [0.2, 0.25) is 0 Å². The van der Waals surface area contributed by atoms with Gasteiger partial charge in [-0.1, -0.05) is 12.1 Å². The van der Waals surface area contributed by atoms with E-state index in [1.54, 1.807) is 0 Å². The SMILES string of the molecule is CC(=O)OC(=O)Cc1ccc(S(=O)(=O)N2CCOCC2)cc1. The van der Waals surface area contributed by atoms with E-state index in [1.165, 1.54) is 28.6 Å². The summed E-state index contributed by atoms with van der Waals surface area (Å²) in [5, 5.41) is 0. The number of carbonyl (C=O) groups excluding carboxylic acids is 2. The van der Waals surface area contributed by atoms with Gasteiger partial charge in [0.25, 0.3) is 0 Å². The fourth-order valence-electron chi connectivity index (χ4n) is 2.08. The van der Waals surface area contributed by atoms with E-state index >= 15 is 0 Å². The Morgan fingerprint density at radius 1 is 1.18 bits per heavy atom. The first-order valence-corrected chi connectivity index (χ1v) is 8.21. The van der Waals surface area contributed by atoms with Gasteiger partial charge in [0.2, 0.25) is 10.0 Å². The first-order valence-electron chi connectivity index (χ1n) is 6.77. The van der Waals surface area contributed by atoms with E-state index in [4.69, 9.17) is 4.74 Å². The van der Waals surface area contributed by atoms with E-state index in [2.05, 4.69) is 4.74 Å². The molecule has 0 aromatic heterocycles. The topological polar surface area (TPSA) is 90.0 Å². The van der Waals surface area contributed by atoms with Crippen molar-refractivity contribution in [1.29, 1.82) is 0 Å². The Hall–Kier alpha value is -1.77. The lowest BCUT2D eigenvalue weighted by Gasteiger charge is -2.26. The van der Waals surface area contributed by atoms with Crippen molar-refractivity contribution < 1.29 is 27.5 Å². The van der Waals surface area contributed by atoms with Crippen LogP contribution in [0.4, 0.5) is 0 Å². The molecule has 8 heteroatoms. The second-order valence-corrected chi connectivity index (χ2v) is 6.74. The Labute approximate surface area is 128 Å². The van der Waals surface area contributed by atoms with Crippen molar-refractivity contribution in [2.75, 3.05) is 26.3 Å². The first-order chi connectivity index (χ1) is 10.4. The molecule has 120 valence electrons. The number of benzene rings is 1. The van der Waals surface area contributed by atoms with Gasteiger partial charge in [0.05, 0.1) is 24.5 Å². The number of ether oxygens (including phenoxy) is 2. The molecule has 1 saturated heterocycles. The fraction of sp³-hybridized carbons (Fsp3) is 0.429. The van der Waals surface area contributed by atoms with Crippen LogP contribution in [0.5, 0.6) is 0 Å². The molecule has 2 rings (SSSR count). The Morgan fingerprint density at radius 2 is 1.77 bits per heavy atom. The van der Waals surface area contributed by atoms with Gasteiger partial charge in [0.1, 0.15) is 0 Å². The van der Waals surface area contributed by atoms with Crippen molar-refractivity contribution in [3.63, 3.8) is 0 Å². The number of morpholine rings is 1. The van der Waals surface area contributed by atoms with Crippen LogP contribution in [0.3, 0.4) is 0 Å². The van der Waals surface area contributed by atoms with Gasteiger partial charge in [-0.25, -0.2) is 8.42 Å². The summed E-state index contributed by atoms with van der Waals surface area (Å²) in [6.45, 7) is 2.57. The molecule has 0 saturated carbocycles. The van der Waals surface area contributed by atoms with Gasteiger partial charge in [-0.3, -0.25) is 9.59 Å². The van der Waals surface area contributed by atoms with E-state index in [0.29, 0.717) is 31.9 Å². The summed E-state index contributed by atoms with van der Waals surface area (Å²) in [5.74, 6) is -1.34. The summed E-state index contributed by atoms with van der Waals surface area (Å²) in [4.78, 5) is 22.2. The van der Waals surface area contributed by atoms with Crippen molar-refractivity contribution in [2.24, 2.45) is 0 Å². The van der Waals surface area contributed by atoms with Crippen molar-refractivity contribution in [2.45, 2.75) is 18.2 Å². The monoisotopic (exact) mass is 327 g/mol. The Kier molecular flexibility index (Phi) is 5.28. The molecule has 1 heterocycles. The van der Waals surface area contributed by atoms with E-state index < -0.39 is 22.0 Å².